The van der Waals surface area contributed by atoms with Crippen LogP contribution < -0.4 is 10.9 Å². The number of hydrogen-bond donors (Lipinski definition) is 1. The molecule has 1 aromatic heterocycles. The molecule has 0 fully saturated rings. The van der Waals surface area contributed by atoms with Gasteiger partial charge in [0, 0.05) is 16.2 Å². The van der Waals surface area contributed by atoms with E-state index in [1.807, 2.05) is 0 Å². The van der Waals surface area contributed by atoms with Gasteiger partial charge in [-0.05, 0) is 29.8 Å². The van der Waals surface area contributed by atoms with Gasteiger partial charge in [-0.2, -0.15) is 13.2 Å². The first-order valence-corrected chi connectivity index (χ1v) is 9.52. The fraction of sp³-hybridized carbons (Fsp3) is 0.143. The number of rotatable bonds is 5. The first-order chi connectivity index (χ1) is 14.2. The summed E-state index contributed by atoms with van der Waals surface area (Å²) in [7, 11) is 0. The van der Waals surface area contributed by atoms with Gasteiger partial charge >= 0.3 is 6.18 Å². The van der Waals surface area contributed by atoms with Crippen molar-refractivity contribution in [3.8, 4) is 0 Å². The zero-order chi connectivity index (χ0) is 21.9. The van der Waals surface area contributed by atoms with Gasteiger partial charge in [0.1, 0.15) is 17.9 Å². The Morgan fingerprint density at radius 3 is 2.40 bits per heavy atom. The first kappa shape index (κ1) is 21.8. The Balaban J connectivity index is 1.91. The second-order valence-electron chi connectivity index (χ2n) is 6.43. The Hall–Kier alpha value is -2.94. The fourth-order valence-electron chi connectivity index (χ4n) is 2.96. The summed E-state index contributed by atoms with van der Waals surface area (Å²) in [6.45, 7) is -0.649. The van der Waals surface area contributed by atoms with Gasteiger partial charge in [0.25, 0.3) is 5.56 Å². The summed E-state index contributed by atoms with van der Waals surface area (Å²) in [5.74, 6) is -1.32. The van der Waals surface area contributed by atoms with Crippen LogP contribution in [0.5, 0.6) is 0 Å². The van der Waals surface area contributed by atoms with Crippen LogP contribution in [0.25, 0.3) is 0 Å². The second kappa shape index (κ2) is 8.83. The molecule has 1 unspecified atom stereocenters. The molecular formula is C21H15BrF4N2O2. The average Bonchev–Trinajstić information content (AvgIpc) is 2.68. The maximum atomic E-state index is 14.6. The van der Waals surface area contributed by atoms with E-state index in [0.717, 1.165) is 12.3 Å². The van der Waals surface area contributed by atoms with Crippen LogP contribution in [0.3, 0.4) is 0 Å². The zero-order valence-electron chi connectivity index (χ0n) is 15.3. The molecule has 0 spiro atoms. The van der Waals surface area contributed by atoms with E-state index >= 15 is 0 Å². The van der Waals surface area contributed by atoms with Crippen LogP contribution >= 0.6 is 15.9 Å². The first-order valence-electron chi connectivity index (χ1n) is 8.72. The highest BCUT2D eigenvalue weighted by atomic mass is 79.9. The zero-order valence-corrected chi connectivity index (χ0v) is 16.9. The standard InChI is InChI=1S/C21H15BrF4N2O2/c22-14-8-9-15(17(23)11-14)19(13-5-2-1-3-6-13)27-18(29)12-28-10-4-7-16(20(28)30)21(24,25)26/h1-11,19H,12H2,(H,27,29). The Labute approximate surface area is 177 Å². The Morgan fingerprint density at radius 1 is 1.07 bits per heavy atom. The van der Waals surface area contributed by atoms with Gasteiger partial charge < -0.3 is 9.88 Å². The summed E-state index contributed by atoms with van der Waals surface area (Å²) in [5.41, 5.74) is -1.94. The summed E-state index contributed by atoms with van der Waals surface area (Å²) >= 11 is 3.17. The number of carbonyl (C=O) groups is 1. The van der Waals surface area contributed by atoms with E-state index in [1.165, 1.54) is 12.1 Å². The summed E-state index contributed by atoms with van der Waals surface area (Å²) in [6, 6.07) is 13.7. The lowest BCUT2D eigenvalue weighted by Crippen LogP contribution is -2.37. The molecule has 30 heavy (non-hydrogen) atoms. The molecule has 0 bridgehead atoms. The van der Waals surface area contributed by atoms with Crippen molar-refractivity contribution in [3.63, 3.8) is 0 Å². The minimum absolute atomic E-state index is 0.175. The molecule has 1 atom stereocenters. The van der Waals surface area contributed by atoms with Crippen molar-refractivity contribution in [2.75, 3.05) is 0 Å². The normalized spacial score (nSPS) is 12.4. The topological polar surface area (TPSA) is 51.1 Å². The molecule has 4 nitrogen and oxygen atoms in total. The van der Waals surface area contributed by atoms with E-state index in [-0.39, 0.29) is 5.56 Å². The van der Waals surface area contributed by atoms with E-state index in [4.69, 9.17) is 0 Å². The molecule has 156 valence electrons. The highest BCUT2D eigenvalue weighted by molar-refractivity contribution is 9.10. The van der Waals surface area contributed by atoms with Crippen LogP contribution in [0.4, 0.5) is 17.6 Å². The third-order valence-electron chi connectivity index (χ3n) is 4.35. The highest BCUT2D eigenvalue weighted by Crippen LogP contribution is 2.27. The molecule has 1 amide bonds. The lowest BCUT2D eigenvalue weighted by Gasteiger charge is -2.21. The molecule has 3 aromatic rings. The molecule has 0 aliphatic rings. The number of nitrogens with zero attached hydrogens (tertiary/aromatic N) is 1. The lowest BCUT2D eigenvalue weighted by molar-refractivity contribution is -0.139. The summed E-state index contributed by atoms with van der Waals surface area (Å²) < 4.78 is 54.5. The van der Waals surface area contributed by atoms with Crippen molar-refractivity contribution in [2.45, 2.75) is 18.8 Å². The number of aromatic nitrogens is 1. The third kappa shape index (κ3) is 4.96. The molecule has 3 rings (SSSR count). The lowest BCUT2D eigenvalue weighted by atomic mass is 9.98. The highest BCUT2D eigenvalue weighted by Gasteiger charge is 2.34. The van der Waals surface area contributed by atoms with Crippen LogP contribution in [-0.4, -0.2) is 10.5 Å². The molecule has 2 aromatic carbocycles. The predicted molar refractivity (Wildman–Crippen MR) is 106 cm³/mol. The van der Waals surface area contributed by atoms with Crippen LogP contribution in [0.1, 0.15) is 22.7 Å². The van der Waals surface area contributed by atoms with Crippen molar-refractivity contribution in [2.24, 2.45) is 0 Å². The number of pyridine rings is 1. The minimum atomic E-state index is -4.83. The number of amides is 1. The van der Waals surface area contributed by atoms with E-state index < -0.39 is 41.6 Å². The number of alkyl halides is 3. The van der Waals surface area contributed by atoms with Crippen LogP contribution in [-0.2, 0) is 17.5 Å². The van der Waals surface area contributed by atoms with Gasteiger partial charge in [-0.3, -0.25) is 9.59 Å². The maximum Gasteiger partial charge on any atom is 0.421 e. The van der Waals surface area contributed by atoms with Crippen molar-refractivity contribution in [3.05, 3.63) is 104 Å². The Morgan fingerprint density at radius 2 is 1.77 bits per heavy atom. The molecule has 0 saturated heterocycles. The quantitative estimate of drug-likeness (QED) is 0.537. The van der Waals surface area contributed by atoms with Crippen LogP contribution in [0, 0.1) is 5.82 Å². The van der Waals surface area contributed by atoms with Crippen molar-refractivity contribution < 1.29 is 22.4 Å². The van der Waals surface area contributed by atoms with Crippen molar-refractivity contribution >= 4 is 21.8 Å². The van der Waals surface area contributed by atoms with Crippen molar-refractivity contribution in [1.82, 2.24) is 9.88 Å². The predicted octanol–water partition coefficient (Wildman–Crippen LogP) is 4.67. The maximum absolute atomic E-state index is 14.6. The van der Waals surface area contributed by atoms with Gasteiger partial charge in [0.05, 0.1) is 6.04 Å². The number of benzene rings is 2. The number of nitrogens with one attached hydrogen (secondary N) is 1. The number of halogens is 5. The number of carbonyl (C=O) groups excluding carboxylic acids is 1. The summed E-state index contributed by atoms with van der Waals surface area (Å²) in [5, 5.41) is 2.61. The molecule has 0 saturated carbocycles. The fourth-order valence-corrected chi connectivity index (χ4v) is 3.29. The Bertz CT molecular complexity index is 1110. The number of hydrogen-bond acceptors (Lipinski definition) is 2. The second-order valence-corrected chi connectivity index (χ2v) is 7.35. The molecular weight excluding hydrogens is 468 g/mol. The smallest absolute Gasteiger partial charge is 0.344 e. The van der Waals surface area contributed by atoms with Gasteiger partial charge in [0.15, 0.2) is 0 Å². The molecule has 1 N–H and O–H groups in total. The van der Waals surface area contributed by atoms with Crippen molar-refractivity contribution in [1.29, 1.82) is 0 Å². The van der Waals surface area contributed by atoms with E-state index in [2.05, 4.69) is 21.2 Å². The molecule has 1 heterocycles. The Kier molecular flexibility index (Phi) is 6.40. The van der Waals surface area contributed by atoms with Gasteiger partial charge in [0.2, 0.25) is 5.91 Å². The van der Waals surface area contributed by atoms with Crippen LogP contribution in [0.15, 0.2) is 76.1 Å². The van der Waals surface area contributed by atoms with E-state index in [1.54, 1.807) is 36.4 Å². The monoisotopic (exact) mass is 482 g/mol. The molecule has 0 radical (unpaired) electrons. The van der Waals surface area contributed by atoms with Gasteiger partial charge in [-0.15, -0.1) is 0 Å². The average molecular weight is 483 g/mol. The van der Waals surface area contributed by atoms with Gasteiger partial charge in [-0.25, -0.2) is 4.39 Å². The van der Waals surface area contributed by atoms with Gasteiger partial charge in [-0.1, -0.05) is 52.3 Å². The SMILES string of the molecule is O=C(Cn1cccc(C(F)(F)F)c1=O)NC(c1ccccc1)c1ccc(Br)cc1F. The molecule has 0 aliphatic heterocycles. The largest absolute Gasteiger partial charge is 0.421 e. The summed E-state index contributed by atoms with van der Waals surface area (Å²) in [4.78, 5) is 24.6. The molecule has 0 aliphatic carbocycles. The summed E-state index contributed by atoms with van der Waals surface area (Å²) in [6.07, 6.45) is -3.74. The van der Waals surface area contributed by atoms with E-state index in [9.17, 15) is 27.2 Å². The van der Waals surface area contributed by atoms with E-state index in [0.29, 0.717) is 20.7 Å². The third-order valence-corrected chi connectivity index (χ3v) is 4.84. The molecule has 9 heteroatoms. The minimum Gasteiger partial charge on any atom is -0.344 e. The van der Waals surface area contributed by atoms with Crippen LogP contribution in [0.2, 0.25) is 0 Å².